The van der Waals surface area contributed by atoms with Gasteiger partial charge in [-0.2, -0.15) is 0 Å². The number of amides is 1. The predicted molar refractivity (Wildman–Crippen MR) is 148 cm³/mol. The highest BCUT2D eigenvalue weighted by atomic mass is 32.2. The number of unbranched alkanes of at least 4 members (excludes halogenated alkanes) is 4. The summed E-state index contributed by atoms with van der Waals surface area (Å²) in [6.07, 6.45) is 8.84. The molecule has 1 saturated heterocycles. The van der Waals surface area contributed by atoms with E-state index in [1.165, 1.54) is 30.6 Å². The predicted octanol–water partition coefficient (Wildman–Crippen LogP) is 6.85. The molecule has 0 radical (unpaired) electrons. The molecule has 2 aromatic rings. The van der Waals surface area contributed by atoms with E-state index in [-0.39, 0.29) is 10.4 Å². The topological polar surface area (TPSA) is 76.1 Å². The first-order valence-corrected chi connectivity index (χ1v) is 13.5. The van der Waals surface area contributed by atoms with Gasteiger partial charge in [0.05, 0.1) is 18.1 Å². The van der Waals surface area contributed by atoms with Crippen LogP contribution in [0.1, 0.15) is 69.5 Å². The Morgan fingerprint density at radius 1 is 1.11 bits per heavy atom. The summed E-state index contributed by atoms with van der Waals surface area (Å²) in [7, 11) is 1.58. The van der Waals surface area contributed by atoms with Crippen LogP contribution in [0, 0.1) is 0 Å². The van der Waals surface area contributed by atoms with Gasteiger partial charge in [-0.3, -0.25) is 9.69 Å². The number of carbonyl (C=O) groups is 2. The maximum Gasteiger partial charge on any atom is 0.331 e. The van der Waals surface area contributed by atoms with Crippen LogP contribution in [0.3, 0.4) is 0 Å². The molecule has 0 spiro atoms. The quantitative estimate of drug-likeness (QED) is 0.173. The van der Waals surface area contributed by atoms with E-state index in [0.717, 1.165) is 30.2 Å². The number of nitrogens with zero attached hydrogens (tertiary/aromatic N) is 1. The van der Waals surface area contributed by atoms with E-state index in [1.54, 1.807) is 43.5 Å². The minimum Gasteiger partial charge on any atom is -0.493 e. The summed E-state index contributed by atoms with van der Waals surface area (Å²) in [5, 5.41) is 9.85. The average Bonchev–Trinajstić information content (AvgIpc) is 3.13. The van der Waals surface area contributed by atoms with E-state index in [1.807, 2.05) is 18.2 Å². The summed E-state index contributed by atoms with van der Waals surface area (Å²) in [4.78, 5) is 26.8. The van der Waals surface area contributed by atoms with Crippen molar-refractivity contribution in [2.45, 2.75) is 64.5 Å². The lowest BCUT2D eigenvalue weighted by atomic mass is 10.1. The van der Waals surface area contributed by atoms with Crippen LogP contribution in [-0.4, -0.2) is 39.4 Å². The summed E-state index contributed by atoms with van der Waals surface area (Å²) >= 11 is 6.49. The van der Waals surface area contributed by atoms with Gasteiger partial charge in [-0.05, 0) is 49.1 Å². The minimum absolute atomic E-state index is 0.0635. The van der Waals surface area contributed by atoms with Crippen molar-refractivity contribution in [2.75, 3.05) is 7.11 Å². The van der Waals surface area contributed by atoms with Crippen LogP contribution in [0.25, 0.3) is 6.08 Å². The number of aliphatic carboxylic acids is 1. The molecule has 36 heavy (non-hydrogen) atoms. The number of hydrogen-bond acceptors (Lipinski definition) is 6. The van der Waals surface area contributed by atoms with Crippen LogP contribution in [0.5, 0.6) is 11.5 Å². The van der Waals surface area contributed by atoms with Crippen molar-refractivity contribution in [3.63, 3.8) is 0 Å². The zero-order chi connectivity index (χ0) is 26.1. The molecular weight excluding hydrogens is 494 g/mol. The van der Waals surface area contributed by atoms with Gasteiger partial charge in [-0.15, -0.1) is 0 Å². The Morgan fingerprint density at radius 2 is 1.83 bits per heavy atom. The van der Waals surface area contributed by atoms with Gasteiger partial charge >= 0.3 is 5.97 Å². The average molecular weight is 528 g/mol. The van der Waals surface area contributed by atoms with Gasteiger partial charge in [0.2, 0.25) is 0 Å². The first kappa shape index (κ1) is 27.7. The van der Waals surface area contributed by atoms with E-state index < -0.39 is 17.9 Å². The second kappa shape index (κ2) is 13.5. The third-order valence-corrected chi connectivity index (χ3v) is 7.29. The molecule has 1 N–H and O–H groups in total. The number of carbonyl (C=O) groups excluding carboxylic acids is 1. The lowest BCUT2D eigenvalue weighted by molar-refractivity contribution is -0.145. The van der Waals surface area contributed by atoms with E-state index in [2.05, 4.69) is 13.8 Å². The Balaban J connectivity index is 1.73. The van der Waals surface area contributed by atoms with Crippen LogP contribution >= 0.6 is 24.0 Å². The molecule has 1 heterocycles. The molecule has 0 bridgehead atoms. The van der Waals surface area contributed by atoms with Crippen molar-refractivity contribution in [1.82, 2.24) is 4.90 Å². The summed E-state index contributed by atoms with van der Waals surface area (Å²) in [6.45, 7) is 4.27. The van der Waals surface area contributed by atoms with E-state index in [4.69, 9.17) is 21.7 Å². The number of benzene rings is 2. The normalized spacial score (nSPS) is 16.3. The number of rotatable bonds is 13. The molecule has 1 aliphatic heterocycles. The molecule has 0 unspecified atom stereocenters. The van der Waals surface area contributed by atoms with Gasteiger partial charge in [0.25, 0.3) is 5.91 Å². The number of hydrogen-bond donors (Lipinski definition) is 1. The van der Waals surface area contributed by atoms with Crippen LogP contribution in [0.15, 0.2) is 53.4 Å². The van der Waals surface area contributed by atoms with Crippen LogP contribution < -0.4 is 9.47 Å². The zero-order valence-electron chi connectivity index (χ0n) is 20.9. The Morgan fingerprint density at radius 3 is 2.50 bits per heavy atom. The molecule has 0 aromatic heterocycles. The molecular formula is C28H33NO5S2. The van der Waals surface area contributed by atoms with E-state index >= 15 is 0 Å². The monoisotopic (exact) mass is 527 g/mol. The van der Waals surface area contributed by atoms with Crippen molar-refractivity contribution < 1.29 is 24.2 Å². The smallest absolute Gasteiger partial charge is 0.331 e. The number of thioether (sulfide) groups is 1. The van der Waals surface area contributed by atoms with Gasteiger partial charge in [0.1, 0.15) is 4.32 Å². The van der Waals surface area contributed by atoms with Crippen molar-refractivity contribution in [3.8, 4) is 11.5 Å². The summed E-state index contributed by atoms with van der Waals surface area (Å²) < 4.78 is 11.9. The Labute approximate surface area is 222 Å². The highest BCUT2D eigenvalue weighted by Crippen LogP contribution is 2.39. The van der Waals surface area contributed by atoms with Crippen molar-refractivity contribution in [1.29, 1.82) is 0 Å². The summed E-state index contributed by atoms with van der Waals surface area (Å²) in [6, 6.07) is 12.9. The molecule has 3 rings (SSSR count). The Kier molecular flexibility index (Phi) is 10.4. The standard InChI is InChI=1S/C28H33NO5S2/c1-4-5-6-7-9-12-19(2)34-22-16-15-20(17-23(22)33-3)18-24-26(30)29(28(35)36-24)25(27(31)32)21-13-10-8-11-14-21/h8,10-11,13-19,25H,4-7,9,12H2,1-3H3,(H,31,32)/b24-18+/t19-,25-/m1/s1. The van der Waals surface area contributed by atoms with Gasteiger partial charge in [0.15, 0.2) is 17.5 Å². The summed E-state index contributed by atoms with van der Waals surface area (Å²) in [5.41, 5.74) is 1.23. The molecule has 2 atom stereocenters. The lowest BCUT2D eigenvalue weighted by Crippen LogP contribution is -2.37. The third kappa shape index (κ3) is 7.11. The van der Waals surface area contributed by atoms with Crippen molar-refractivity contribution in [3.05, 3.63) is 64.6 Å². The maximum atomic E-state index is 13.2. The maximum absolute atomic E-state index is 13.2. The van der Waals surface area contributed by atoms with Crippen molar-refractivity contribution >= 4 is 46.3 Å². The molecule has 192 valence electrons. The van der Waals surface area contributed by atoms with Crippen LogP contribution in [0.2, 0.25) is 0 Å². The van der Waals surface area contributed by atoms with Crippen molar-refractivity contribution in [2.24, 2.45) is 0 Å². The summed E-state index contributed by atoms with van der Waals surface area (Å²) in [5.74, 6) is -0.346. The third-order valence-electron chi connectivity index (χ3n) is 5.96. The SMILES string of the molecule is CCCCCCC[C@@H](C)Oc1ccc(/C=C2/SC(=S)N([C@@H](C(=O)O)c3ccccc3)C2=O)cc1OC. The van der Waals surface area contributed by atoms with Gasteiger partial charge in [0, 0.05) is 0 Å². The molecule has 0 aliphatic carbocycles. The zero-order valence-corrected chi connectivity index (χ0v) is 22.6. The number of thiocarbonyl (C=S) groups is 1. The fourth-order valence-electron chi connectivity index (χ4n) is 4.07. The Bertz CT molecular complexity index is 1100. The van der Waals surface area contributed by atoms with Gasteiger partial charge in [-0.25, -0.2) is 4.79 Å². The minimum atomic E-state index is -1.18. The van der Waals surface area contributed by atoms with E-state index in [9.17, 15) is 14.7 Å². The second-order valence-electron chi connectivity index (χ2n) is 8.74. The number of carboxylic acids is 1. The van der Waals surface area contributed by atoms with Gasteiger partial charge < -0.3 is 14.6 Å². The van der Waals surface area contributed by atoms with Crippen LogP contribution in [0.4, 0.5) is 0 Å². The molecule has 1 fully saturated rings. The fraction of sp³-hybridized carbons (Fsp3) is 0.393. The van der Waals surface area contributed by atoms with E-state index in [0.29, 0.717) is 22.0 Å². The highest BCUT2D eigenvalue weighted by Gasteiger charge is 2.41. The van der Waals surface area contributed by atoms with Gasteiger partial charge in [-0.1, -0.05) is 93.0 Å². The first-order chi connectivity index (χ1) is 17.3. The molecule has 2 aromatic carbocycles. The molecule has 1 aliphatic rings. The van der Waals surface area contributed by atoms with Crippen LogP contribution in [-0.2, 0) is 9.59 Å². The molecule has 0 saturated carbocycles. The largest absolute Gasteiger partial charge is 0.493 e. The molecule has 8 heteroatoms. The highest BCUT2D eigenvalue weighted by molar-refractivity contribution is 8.26. The molecule has 6 nitrogen and oxygen atoms in total. The first-order valence-electron chi connectivity index (χ1n) is 12.2. The second-order valence-corrected chi connectivity index (χ2v) is 10.4. The fourth-order valence-corrected chi connectivity index (χ4v) is 5.39. The number of ether oxygens (including phenoxy) is 2. The number of carboxylic acid groups (broad SMARTS) is 1. The number of methoxy groups -OCH3 is 1. The lowest BCUT2D eigenvalue weighted by Gasteiger charge is -2.23. The Hall–Kier alpha value is -2.84. The molecule has 1 amide bonds.